The summed E-state index contributed by atoms with van der Waals surface area (Å²) in [5.74, 6) is -1.35. The van der Waals surface area contributed by atoms with Crippen molar-refractivity contribution in [2.75, 3.05) is 0 Å². The predicted molar refractivity (Wildman–Crippen MR) is 65.0 cm³/mol. The summed E-state index contributed by atoms with van der Waals surface area (Å²) < 4.78 is 12.9. The summed E-state index contributed by atoms with van der Waals surface area (Å²) in [6.45, 7) is 0. The minimum atomic E-state index is -1.95. The molecule has 2 aromatic carbocycles. The van der Waals surface area contributed by atoms with Crippen LogP contribution >= 0.6 is 0 Å². The Morgan fingerprint density at radius 1 is 1.00 bits per heavy atom. The van der Waals surface area contributed by atoms with Crippen LogP contribution in [0.3, 0.4) is 0 Å². The lowest BCUT2D eigenvalue weighted by molar-refractivity contribution is -0.133. The van der Waals surface area contributed by atoms with E-state index in [1.54, 1.807) is 30.3 Å². The highest BCUT2D eigenvalue weighted by Crippen LogP contribution is 2.29. The number of carbonyl (C=O) groups is 1. The molecule has 3 N–H and O–H groups in total. The zero-order chi connectivity index (χ0) is 13.2. The first-order chi connectivity index (χ1) is 8.55. The van der Waals surface area contributed by atoms with Crippen LogP contribution in [0.1, 0.15) is 11.1 Å². The number of benzene rings is 2. The smallest absolute Gasteiger partial charge is 0.258 e. The normalized spacial score (nSPS) is 13.9. The fourth-order valence-corrected chi connectivity index (χ4v) is 1.82. The average molecular weight is 245 g/mol. The van der Waals surface area contributed by atoms with Crippen LogP contribution in [0.5, 0.6) is 0 Å². The molecule has 0 fully saturated rings. The Bertz CT molecular complexity index is 554. The molecule has 18 heavy (non-hydrogen) atoms. The number of aliphatic hydroxyl groups is 1. The van der Waals surface area contributed by atoms with Crippen LogP contribution in [0.2, 0.25) is 0 Å². The number of hydrogen-bond acceptors (Lipinski definition) is 2. The Labute approximate surface area is 104 Å². The molecule has 0 aliphatic carbocycles. The monoisotopic (exact) mass is 245 g/mol. The van der Waals surface area contributed by atoms with Gasteiger partial charge in [-0.1, -0.05) is 42.5 Å². The summed E-state index contributed by atoms with van der Waals surface area (Å²) >= 11 is 0. The third kappa shape index (κ3) is 1.98. The van der Waals surface area contributed by atoms with E-state index in [9.17, 15) is 14.3 Å². The second-order valence-electron chi connectivity index (χ2n) is 3.95. The van der Waals surface area contributed by atoms with Crippen molar-refractivity contribution in [3.8, 4) is 0 Å². The molecule has 0 radical (unpaired) electrons. The van der Waals surface area contributed by atoms with Crippen molar-refractivity contribution >= 4 is 5.91 Å². The largest absolute Gasteiger partial charge is 0.372 e. The Morgan fingerprint density at radius 3 is 2.00 bits per heavy atom. The topological polar surface area (TPSA) is 63.3 Å². The van der Waals surface area contributed by atoms with Gasteiger partial charge in [-0.25, -0.2) is 4.39 Å². The third-order valence-electron chi connectivity index (χ3n) is 2.81. The summed E-state index contributed by atoms with van der Waals surface area (Å²) in [5, 5.41) is 10.5. The molecule has 0 aromatic heterocycles. The van der Waals surface area contributed by atoms with Crippen molar-refractivity contribution in [1.29, 1.82) is 0 Å². The first kappa shape index (κ1) is 12.3. The van der Waals surface area contributed by atoms with Crippen molar-refractivity contribution < 1.29 is 14.3 Å². The molecule has 2 rings (SSSR count). The molecular formula is C14H12FNO2. The van der Waals surface area contributed by atoms with Crippen molar-refractivity contribution in [2.24, 2.45) is 5.73 Å². The van der Waals surface area contributed by atoms with E-state index in [0.717, 1.165) is 0 Å². The van der Waals surface area contributed by atoms with E-state index in [0.29, 0.717) is 5.56 Å². The standard InChI is InChI=1S/C14H12FNO2/c15-12-8-6-11(7-9-12)14(18,13(16)17)10-4-2-1-3-5-10/h1-9,18H,(H2,16,17). The Kier molecular flexibility index (Phi) is 3.12. The van der Waals surface area contributed by atoms with Gasteiger partial charge in [0.15, 0.2) is 5.60 Å². The number of nitrogens with two attached hydrogens (primary N) is 1. The molecule has 1 unspecified atom stereocenters. The SMILES string of the molecule is NC(=O)C(O)(c1ccccc1)c1ccc(F)cc1. The van der Waals surface area contributed by atoms with Gasteiger partial charge in [-0.3, -0.25) is 4.79 Å². The molecule has 0 bridgehead atoms. The Morgan fingerprint density at radius 2 is 1.50 bits per heavy atom. The zero-order valence-electron chi connectivity index (χ0n) is 9.51. The van der Waals surface area contributed by atoms with Gasteiger partial charge < -0.3 is 10.8 Å². The minimum absolute atomic E-state index is 0.239. The molecule has 0 saturated heterocycles. The highest BCUT2D eigenvalue weighted by atomic mass is 19.1. The highest BCUT2D eigenvalue weighted by Gasteiger charge is 2.37. The molecule has 4 heteroatoms. The third-order valence-corrected chi connectivity index (χ3v) is 2.81. The molecule has 92 valence electrons. The van der Waals surface area contributed by atoms with Crippen molar-refractivity contribution in [2.45, 2.75) is 5.60 Å². The van der Waals surface area contributed by atoms with Crippen LogP contribution in [0, 0.1) is 5.82 Å². The predicted octanol–water partition coefficient (Wildman–Crippen LogP) is 1.55. The van der Waals surface area contributed by atoms with Crippen LogP contribution in [-0.4, -0.2) is 11.0 Å². The fourth-order valence-electron chi connectivity index (χ4n) is 1.82. The summed E-state index contributed by atoms with van der Waals surface area (Å²) in [7, 11) is 0. The van der Waals surface area contributed by atoms with Crippen LogP contribution in [0.15, 0.2) is 54.6 Å². The van der Waals surface area contributed by atoms with Crippen LogP contribution in [-0.2, 0) is 10.4 Å². The average Bonchev–Trinajstić information content (AvgIpc) is 2.39. The summed E-state index contributed by atoms with van der Waals surface area (Å²) in [4.78, 5) is 11.6. The van der Waals surface area contributed by atoms with Crippen LogP contribution in [0.25, 0.3) is 0 Å². The van der Waals surface area contributed by atoms with E-state index in [2.05, 4.69) is 0 Å². The molecular weight excluding hydrogens is 233 g/mol. The van der Waals surface area contributed by atoms with Gasteiger partial charge in [0.05, 0.1) is 0 Å². The molecule has 1 atom stereocenters. The maximum atomic E-state index is 12.9. The fraction of sp³-hybridized carbons (Fsp3) is 0.0714. The van der Waals surface area contributed by atoms with Gasteiger partial charge in [0.1, 0.15) is 5.82 Å². The lowest BCUT2D eigenvalue weighted by Gasteiger charge is -2.25. The molecule has 0 heterocycles. The molecule has 0 spiro atoms. The quantitative estimate of drug-likeness (QED) is 0.861. The number of amides is 1. The van der Waals surface area contributed by atoms with Gasteiger partial charge in [-0.2, -0.15) is 0 Å². The van der Waals surface area contributed by atoms with Crippen molar-refractivity contribution in [1.82, 2.24) is 0 Å². The van der Waals surface area contributed by atoms with Crippen LogP contribution < -0.4 is 5.73 Å². The second-order valence-corrected chi connectivity index (χ2v) is 3.95. The summed E-state index contributed by atoms with van der Waals surface area (Å²) in [6, 6.07) is 13.3. The van der Waals surface area contributed by atoms with Gasteiger partial charge >= 0.3 is 0 Å². The van der Waals surface area contributed by atoms with Crippen molar-refractivity contribution in [3.63, 3.8) is 0 Å². The molecule has 2 aromatic rings. The van der Waals surface area contributed by atoms with E-state index in [1.165, 1.54) is 24.3 Å². The number of hydrogen-bond donors (Lipinski definition) is 2. The van der Waals surface area contributed by atoms with Crippen LogP contribution in [0.4, 0.5) is 4.39 Å². The summed E-state index contributed by atoms with van der Waals surface area (Å²) in [6.07, 6.45) is 0. The molecule has 1 amide bonds. The number of halogens is 1. The van der Waals surface area contributed by atoms with E-state index in [4.69, 9.17) is 5.73 Å². The van der Waals surface area contributed by atoms with Gasteiger partial charge in [-0.05, 0) is 23.3 Å². The minimum Gasteiger partial charge on any atom is -0.372 e. The van der Waals surface area contributed by atoms with E-state index in [1.807, 2.05) is 0 Å². The Balaban J connectivity index is 2.58. The van der Waals surface area contributed by atoms with E-state index in [-0.39, 0.29) is 5.56 Å². The lowest BCUT2D eigenvalue weighted by atomic mass is 9.86. The maximum Gasteiger partial charge on any atom is 0.258 e. The molecule has 0 aliphatic heterocycles. The summed E-state index contributed by atoms with van der Waals surface area (Å²) in [5.41, 5.74) is 3.93. The first-order valence-electron chi connectivity index (χ1n) is 5.39. The number of carbonyl (C=O) groups excluding carboxylic acids is 1. The maximum absolute atomic E-state index is 12.9. The molecule has 0 aliphatic rings. The zero-order valence-corrected chi connectivity index (χ0v) is 9.51. The van der Waals surface area contributed by atoms with E-state index >= 15 is 0 Å². The van der Waals surface area contributed by atoms with Gasteiger partial charge in [0.25, 0.3) is 5.91 Å². The molecule has 3 nitrogen and oxygen atoms in total. The number of rotatable bonds is 3. The number of primary amides is 1. The van der Waals surface area contributed by atoms with Crippen molar-refractivity contribution in [3.05, 3.63) is 71.5 Å². The first-order valence-corrected chi connectivity index (χ1v) is 5.39. The highest BCUT2D eigenvalue weighted by molar-refractivity contribution is 5.88. The lowest BCUT2D eigenvalue weighted by Crippen LogP contribution is -2.42. The van der Waals surface area contributed by atoms with E-state index < -0.39 is 17.3 Å². The Hall–Kier alpha value is -2.20. The second kappa shape index (κ2) is 4.58. The van der Waals surface area contributed by atoms with Gasteiger partial charge in [-0.15, -0.1) is 0 Å². The molecule has 0 saturated carbocycles. The van der Waals surface area contributed by atoms with Gasteiger partial charge in [0, 0.05) is 0 Å². The van der Waals surface area contributed by atoms with Gasteiger partial charge in [0.2, 0.25) is 0 Å².